The fourth-order valence-electron chi connectivity index (χ4n) is 2.75. The third-order valence-electron chi connectivity index (χ3n) is 4.33. The van der Waals surface area contributed by atoms with E-state index in [9.17, 15) is 18.0 Å². The van der Waals surface area contributed by atoms with Crippen molar-refractivity contribution in [3.05, 3.63) is 95.0 Å². The molecule has 0 atom stereocenters. The van der Waals surface area contributed by atoms with Gasteiger partial charge >= 0.3 is 0 Å². The van der Waals surface area contributed by atoms with E-state index in [1.54, 1.807) is 48.5 Å². The Morgan fingerprint density at radius 3 is 2.45 bits per heavy atom. The summed E-state index contributed by atoms with van der Waals surface area (Å²) in [6.07, 6.45) is 2.76. The summed E-state index contributed by atoms with van der Waals surface area (Å²) in [7, 11) is -2.57. The van der Waals surface area contributed by atoms with Crippen molar-refractivity contribution in [1.82, 2.24) is 10.9 Å². The molecule has 0 aromatic heterocycles. The molecule has 10 heteroatoms. The number of methoxy groups -OCH3 is 1. The highest BCUT2D eigenvalue weighted by Crippen LogP contribution is 2.26. The molecule has 0 bridgehead atoms. The molecule has 0 fully saturated rings. The number of hydrogen-bond donors (Lipinski definition) is 3. The SMILES string of the molecule is COc1ccccc1NS(=O)(=O)c1cccc(C(=O)NNC(=O)/C=C/c2cccc(Cl)c2)c1. The monoisotopic (exact) mass is 485 g/mol. The van der Waals surface area contributed by atoms with E-state index in [1.807, 2.05) is 0 Å². The lowest BCUT2D eigenvalue weighted by molar-refractivity contribution is -0.117. The Labute approximate surface area is 196 Å². The molecule has 33 heavy (non-hydrogen) atoms. The van der Waals surface area contributed by atoms with Crippen LogP contribution in [0.15, 0.2) is 83.8 Å². The molecule has 2 amide bonds. The van der Waals surface area contributed by atoms with E-state index < -0.39 is 21.8 Å². The normalized spacial score (nSPS) is 11.1. The minimum Gasteiger partial charge on any atom is -0.495 e. The first-order valence-corrected chi connectivity index (χ1v) is 11.4. The lowest BCUT2D eigenvalue weighted by Gasteiger charge is -2.12. The Bertz CT molecular complexity index is 1310. The van der Waals surface area contributed by atoms with Crippen LogP contribution in [0.25, 0.3) is 6.08 Å². The number of anilines is 1. The van der Waals surface area contributed by atoms with Gasteiger partial charge < -0.3 is 4.74 Å². The molecular formula is C23H20ClN3O5S. The molecule has 0 saturated heterocycles. The molecule has 8 nitrogen and oxygen atoms in total. The summed E-state index contributed by atoms with van der Waals surface area (Å²) in [6.45, 7) is 0. The average Bonchev–Trinajstić information content (AvgIpc) is 2.81. The van der Waals surface area contributed by atoms with Gasteiger partial charge in [-0.15, -0.1) is 0 Å². The molecular weight excluding hydrogens is 466 g/mol. The number of hydrazine groups is 1. The molecule has 0 spiro atoms. The van der Waals surface area contributed by atoms with E-state index in [-0.39, 0.29) is 16.1 Å². The molecule has 0 radical (unpaired) electrons. The number of benzene rings is 3. The first-order valence-electron chi connectivity index (χ1n) is 9.58. The van der Waals surface area contributed by atoms with Crippen molar-refractivity contribution in [2.24, 2.45) is 0 Å². The first-order chi connectivity index (χ1) is 15.8. The van der Waals surface area contributed by atoms with Crippen LogP contribution in [0.2, 0.25) is 5.02 Å². The zero-order valence-corrected chi connectivity index (χ0v) is 19.0. The van der Waals surface area contributed by atoms with Gasteiger partial charge in [-0.3, -0.25) is 25.2 Å². The van der Waals surface area contributed by atoms with Crippen molar-refractivity contribution in [2.45, 2.75) is 4.90 Å². The average molecular weight is 486 g/mol. The molecule has 3 aromatic carbocycles. The maximum Gasteiger partial charge on any atom is 0.269 e. The first kappa shape index (κ1) is 23.8. The van der Waals surface area contributed by atoms with Gasteiger partial charge in [-0.05, 0) is 54.1 Å². The van der Waals surface area contributed by atoms with Crippen LogP contribution in [0.5, 0.6) is 5.75 Å². The Balaban J connectivity index is 1.66. The largest absolute Gasteiger partial charge is 0.495 e. The van der Waals surface area contributed by atoms with Crippen molar-refractivity contribution >= 4 is 45.2 Å². The standard InChI is InChI=1S/C23H20ClN3O5S/c1-32-21-11-3-2-10-20(21)27-33(30,31)19-9-5-7-17(15-19)23(29)26-25-22(28)13-12-16-6-4-8-18(24)14-16/h2-15,27H,1H3,(H,25,28)(H,26,29)/b13-12+. The van der Waals surface area contributed by atoms with Crippen molar-refractivity contribution < 1.29 is 22.7 Å². The zero-order chi connectivity index (χ0) is 23.8. The van der Waals surface area contributed by atoms with Crippen LogP contribution >= 0.6 is 11.6 Å². The second-order valence-electron chi connectivity index (χ2n) is 6.67. The number of amides is 2. The molecule has 0 aliphatic rings. The molecule has 0 unspecified atom stereocenters. The third kappa shape index (κ3) is 6.58. The Morgan fingerprint density at radius 2 is 1.70 bits per heavy atom. The number of carbonyl (C=O) groups is 2. The zero-order valence-electron chi connectivity index (χ0n) is 17.4. The number of sulfonamides is 1. The van der Waals surface area contributed by atoms with Gasteiger partial charge in [0.2, 0.25) is 0 Å². The van der Waals surface area contributed by atoms with Gasteiger partial charge in [-0.2, -0.15) is 0 Å². The van der Waals surface area contributed by atoms with Crippen LogP contribution in [-0.2, 0) is 14.8 Å². The van der Waals surface area contributed by atoms with Crippen molar-refractivity contribution in [1.29, 1.82) is 0 Å². The molecule has 3 rings (SSSR count). The van der Waals surface area contributed by atoms with Gasteiger partial charge in [0.15, 0.2) is 0 Å². The topological polar surface area (TPSA) is 114 Å². The summed E-state index contributed by atoms with van der Waals surface area (Å²) in [5, 5.41) is 0.529. The summed E-state index contributed by atoms with van der Waals surface area (Å²) < 4.78 is 33.1. The van der Waals surface area contributed by atoms with Gasteiger partial charge in [0.25, 0.3) is 21.8 Å². The molecule has 0 saturated carbocycles. The summed E-state index contributed by atoms with van der Waals surface area (Å²) in [5.74, 6) is -0.915. The summed E-state index contributed by atoms with van der Waals surface area (Å²) in [5.41, 5.74) is 5.49. The summed E-state index contributed by atoms with van der Waals surface area (Å²) in [4.78, 5) is 24.2. The van der Waals surface area contributed by atoms with Crippen molar-refractivity contribution in [3.63, 3.8) is 0 Å². The van der Waals surface area contributed by atoms with Crippen LogP contribution in [0.1, 0.15) is 15.9 Å². The van der Waals surface area contributed by atoms with E-state index in [4.69, 9.17) is 16.3 Å². The number of carbonyl (C=O) groups excluding carboxylic acids is 2. The second-order valence-corrected chi connectivity index (χ2v) is 8.78. The van der Waals surface area contributed by atoms with Gasteiger partial charge in [0.05, 0.1) is 17.7 Å². The Morgan fingerprint density at radius 1 is 0.939 bits per heavy atom. The summed E-state index contributed by atoms with van der Waals surface area (Å²) >= 11 is 5.89. The smallest absolute Gasteiger partial charge is 0.269 e. The number of para-hydroxylation sites is 2. The highest BCUT2D eigenvalue weighted by atomic mass is 35.5. The molecule has 3 aromatic rings. The number of nitrogens with one attached hydrogen (secondary N) is 3. The lowest BCUT2D eigenvalue weighted by Crippen LogP contribution is -2.40. The number of ether oxygens (including phenoxy) is 1. The van der Waals surface area contributed by atoms with Crippen LogP contribution in [0, 0.1) is 0 Å². The highest BCUT2D eigenvalue weighted by molar-refractivity contribution is 7.92. The predicted molar refractivity (Wildman–Crippen MR) is 126 cm³/mol. The quantitative estimate of drug-likeness (QED) is 0.349. The number of rotatable bonds is 7. The summed E-state index contributed by atoms with van der Waals surface area (Å²) in [6, 6.07) is 18.8. The molecule has 3 N–H and O–H groups in total. The molecule has 170 valence electrons. The van der Waals surface area contributed by atoms with Crippen LogP contribution < -0.4 is 20.3 Å². The van der Waals surface area contributed by atoms with E-state index in [0.29, 0.717) is 16.3 Å². The van der Waals surface area contributed by atoms with Gasteiger partial charge in [0.1, 0.15) is 5.75 Å². The molecule has 0 heterocycles. The maximum absolute atomic E-state index is 12.8. The maximum atomic E-state index is 12.8. The number of hydrogen-bond acceptors (Lipinski definition) is 5. The Hall–Kier alpha value is -3.82. The third-order valence-corrected chi connectivity index (χ3v) is 5.93. The minimum atomic E-state index is -4.00. The van der Waals surface area contributed by atoms with Crippen molar-refractivity contribution in [3.8, 4) is 5.75 Å². The van der Waals surface area contributed by atoms with E-state index >= 15 is 0 Å². The Kier molecular flexibility index (Phi) is 7.70. The van der Waals surface area contributed by atoms with Crippen LogP contribution in [0.4, 0.5) is 5.69 Å². The fourth-order valence-corrected chi connectivity index (χ4v) is 4.07. The van der Waals surface area contributed by atoms with Crippen molar-refractivity contribution in [2.75, 3.05) is 11.8 Å². The van der Waals surface area contributed by atoms with E-state index in [2.05, 4.69) is 15.6 Å². The van der Waals surface area contributed by atoms with Crippen LogP contribution in [0.3, 0.4) is 0 Å². The fraction of sp³-hybridized carbons (Fsp3) is 0.0435. The highest BCUT2D eigenvalue weighted by Gasteiger charge is 2.18. The van der Waals surface area contributed by atoms with Crippen LogP contribution in [-0.4, -0.2) is 27.3 Å². The minimum absolute atomic E-state index is 0.0389. The van der Waals surface area contributed by atoms with Gasteiger partial charge in [0, 0.05) is 16.7 Å². The predicted octanol–water partition coefficient (Wildman–Crippen LogP) is 3.62. The van der Waals surface area contributed by atoms with E-state index in [1.165, 1.54) is 43.5 Å². The van der Waals surface area contributed by atoms with Gasteiger partial charge in [-0.1, -0.05) is 41.9 Å². The van der Waals surface area contributed by atoms with Gasteiger partial charge in [-0.25, -0.2) is 8.42 Å². The second kappa shape index (κ2) is 10.7. The molecule has 0 aliphatic heterocycles. The molecule has 0 aliphatic carbocycles. The van der Waals surface area contributed by atoms with E-state index in [0.717, 1.165) is 0 Å². The lowest BCUT2D eigenvalue weighted by atomic mass is 10.2. The number of halogens is 1.